The Morgan fingerprint density at radius 2 is 2.21 bits per heavy atom. The number of aldehydes is 1. The number of halogens is 1. The lowest BCUT2D eigenvalue weighted by Gasteiger charge is -2.03. The molecule has 3 heteroatoms. The molecule has 0 aliphatic rings. The predicted molar refractivity (Wildman–Crippen MR) is 60.3 cm³/mol. The largest absolute Gasteiger partial charge is 0.397 e. The van der Waals surface area contributed by atoms with Crippen LogP contribution in [0.15, 0.2) is 18.2 Å². The molecule has 0 unspecified atom stereocenters. The van der Waals surface area contributed by atoms with Crippen LogP contribution in [0.1, 0.15) is 17.5 Å². The number of nitrogens with two attached hydrogens (primary N) is 1. The fourth-order valence-electron chi connectivity index (χ4n) is 1.14. The molecule has 1 rings (SSSR count). The standard InChI is InChI=1S/C11H12ClNO/c1-8-6-9(4-2-3-5-14)7-10(12)11(8)13/h2,4-7H,3,13H2,1H3. The average molecular weight is 210 g/mol. The zero-order chi connectivity index (χ0) is 10.6. The summed E-state index contributed by atoms with van der Waals surface area (Å²) < 4.78 is 0. The van der Waals surface area contributed by atoms with Gasteiger partial charge in [0.05, 0.1) is 10.7 Å². The number of benzene rings is 1. The summed E-state index contributed by atoms with van der Waals surface area (Å²) in [5, 5.41) is 0.552. The van der Waals surface area contributed by atoms with E-state index in [4.69, 9.17) is 17.3 Å². The van der Waals surface area contributed by atoms with Crippen LogP contribution in [0.4, 0.5) is 5.69 Å². The summed E-state index contributed by atoms with van der Waals surface area (Å²) in [5.74, 6) is 0. The maximum absolute atomic E-state index is 10.1. The normalized spacial score (nSPS) is 10.7. The number of nitrogen functional groups attached to an aromatic ring is 1. The van der Waals surface area contributed by atoms with Gasteiger partial charge in [0.1, 0.15) is 6.29 Å². The Kier molecular flexibility index (Phi) is 3.72. The molecule has 14 heavy (non-hydrogen) atoms. The molecule has 0 saturated carbocycles. The van der Waals surface area contributed by atoms with Gasteiger partial charge in [-0.05, 0) is 30.2 Å². The zero-order valence-electron chi connectivity index (χ0n) is 7.96. The van der Waals surface area contributed by atoms with Crippen LogP contribution in [0.5, 0.6) is 0 Å². The van der Waals surface area contributed by atoms with Crippen molar-refractivity contribution >= 4 is 29.7 Å². The highest BCUT2D eigenvalue weighted by Crippen LogP contribution is 2.24. The zero-order valence-corrected chi connectivity index (χ0v) is 8.71. The van der Waals surface area contributed by atoms with Crippen molar-refractivity contribution < 1.29 is 4.79 Å². The molecular formula is C11H12ClNO. The minimum Gasteiger partial charge on any atom is -0.397 e. The van der Waals surface area contributed by atoms with Crippen LogP contribution in [0.3, 0.4) is 0 Å². The van der Waals surface area contributed by atoms with E-state index >= 15 is 0 Å². The SMILES string of the molecule is Cc1cc(C=CCC=O)cc(Cl)c1N. The van der Waals surface area contributed by atoms with Crippen molar-refractivity contribution in [3.8, 4) is 0 Å². The molecule has 2 N–H and O–H groups in total. The van der Waals surface area contributed by atoms with E-state index in [0.29, 0.717) is 17.1 Å². The number of aryl methyl sites for hydroxylation is 1. The Bertz CT molecular complexity index is 349. The second-order valence-electron chi connectivity index (χ2n) is 3.04. The molecule has 1 aromatic carbocycles. The number of rotatable bonds is 3. The second kappa shape index (κ2) is 4.82. The van der Waals surface area contributed by atoms with Gasteiger partial charge >= 0.3 is 0 Å². The van der Waals surface area contributed by atoms with Crippen molar-refractivity contribution in [1.29, 1.82) is 0 Å². The van der Waals surface area contributed by atoms with Gasteiger partial charge < -0.3 is 10.5 Å². The maximum atomic E-state index is 10.1. The lowest BCUT2D eigenvalue weighted by atomic mass is 10.1. The van der Waals surface area contributed by atoms with Crippen molar-refractivity contribution in [3.05, 3.63) is 34.4 Å². The molecule has 0 radical (unpaired) electrons. The summed E-state index contributed by atoms with van der Waals surface area (Å²) in [6, 6.07) is 3.72. The van der Waals surface area contributed by atoms with E-state index in [0.717, 1.165) is 17.4 Å². The van der Waals surface area contributed by atoms with E-state index in [2.05, 4.69) is 0 Å². The number of anilines is 1. The van der Waals surface area contributed by atoms with Gasteiger partial charge in [-0.25, -0.2) is 0 Å². The molecule has 0 aromatic heterocycles. The van der Waals surface area contributed by atoms with Gasteiger partial charge in [-0.3, -0.25) is 0 Å². The van der Waals surface area contributed by atoms with Crippen molar-refractivity contribution in [3.63, 3.8) is 0 Å². The van der Waals surface area contributed by atoms with Gasteiger partial charge in [0.25, 0.3) is 0 Å². The van der Waals surface area contributed by atoms with E-state index in [9.17, 15) is 4.79 Å². The molecule has 0 aliphatic heterocycles. The molecule has 0 amide bonds. The van der Waals surface area contributed by atoms with E-state index in [1.165, 1.54) is 0 Å². The van der Waals surface area contributed by atoms with Crippen LogP contribution in [0.25, 0.3) is 6.08 Å². The molecule has 1 aromatic rings. The molecule has 0 atom stereocenters. The topological polar surface area (TPSA) is 43.1 Å². The van der Waals surface area contributed by atoms with Crippen molar-refractivity contribution in [2.75, 3.05) is 5.73 Å². The van der Waals surface area contributed by atoms with E-state index in [1.807, 2.05) is 19.1 Å². The first-order chi connectivity index (χ1) is 6.65. The fraction of sp³-hybridized carbons (Fsp3) is 0.182. The molecule has 2 nitrogen and oxygen atoms in total. The molecular weight excluding hydrogens is 198 g/mol. The van der Waals surface area contributed by atoms with Crippen molar-refractivity contribution in [2.45, 2.75) is 13.3 Å². The van der Waals surface area contributed by atoms with Gasteiger partial charge in [-0.2, -0.15) is 0 Å². The lowest BCUT2D eigenvalue weighted by Crippen LogP contribution is -1.91. The molecule has 0 fully saturated rings. The van der Waals surface area contributed by atoms with Crippen molar-refractivity contribution in [2.24, 2.45) is 0 Å². The first-order valence-corrected chi connectivity index (χ1v) is 4.68. The van der Waals surface area contributed by atoms with E-state index in [-0.39, 0.29) is 0 Å². The first-order valence-electron chi connectivity index (χ1n) is 4.31. The molecule has 0 saturated heterocycles. The van der Waals surface area contributed by atoms with E-state index in [1.54, 1.807) is 12.1 Å². The summed E-state index contributed by atoms with van der Waals surface area (Å²) in [6.07, 6.45) is 4.91. The van der Waals surface area contributed by atoms with Crippen LogP contribution >= 0.6 is 11.6 Å². The van der Waals surface area contributed by atoms with Gasteiger partial charge in [0.2, 0.25) is 0 Å². The number of hydrogen-bond donors (Lipinski definition) is 1. The Hall–Kier alpha value is -1.28. The third-order valence-electron chi connectivity index (χ3n) is 1.90. The summed E-state index contributed by atoms with van der Waals surface area (Å²) in [5.41, 5.74) is 8.21. The quantitative estimate of drug-likeness (QED) is 0.615. The lowest BCUT2D eigenvalue weighted by molar-refractivity contribution is -0.107. The Balaban J connectivity index is 2.95. The summed E-state index contributed by atoms with van der Waals surface area (Å²) >= 11 is 5.90. The average Bonchev–Trinajstić information content (AvgIpc) is 2.14. The molecule has 74 valence electrons. The number of carbonyl (C=O) groups is 1. The Morgan fingerprint density at radius 1 is 1.50 bits per heavy atom. The number of hydrogen-bond acceptors (Lipinski definition) is 2. The first kappa shape index (κ1) is 10.8. The third-order valence-corrected chi connectivity index (χ3v) is 2.21. The van der Waals surface area contributed by atoms with Crippen LogP contribution in [0.2, 0.25) is 5.02 Å². The van der Waals surface area contributed by atoms with Crippen molar-refractivity contribution in [1.82, 2.24) is 0 Å². The van der Waals surface area contributed by atoms with Gasteiger partial charge in [-0.15, -0.1) is 0 Å². The monoisotopic (exact) mass is 209 g/mol. The summed E-state index contributed by atoms with van der Waals surface area (Å²) in [4.78, 5) is 10.1. The minimum atomic E-state index is 0.418. The highest BCUT2D eigenvalue weighted by molar-refractivity contribution is 6.33. The fourth-order valence-corrected chi connectivity index (χ4v) is 1.41. The third kappa shape index (κ3) is 2.60. The van der Waals surface area contributed by atoms with Crippen LogP contribution < -0.4 is 5.73 Å². The number of carbonyl (C=O) groups excluding carboxylic acids is 1. The predicted octanol–water partition coefficient (Wildman–Crippen LogP) is 2.83. The highest BCUT2D eigenvalue weighted by atomic mass is 35.5. The van der Waals surface area contributed by atoms with Gasteiger partial charge in [-0.1, -0.05) is 23.8 Å². The number of allylic oxidation sites excluding steroid dienone is 1. The van der Waals surface area contributed by atoms with Crippen LogP contribution in [-0.4, -0.2) is 6.29 Å². The molecule has 0 heterocycles. The molecule has 0 bridgehead atoms. The maximum Gasteiger partial charge on any atom is 0.123 e. The Labute approximate surface area is 88.4 Å². The van der Waals surface area contributed by atoms with E-state index < -0.39 is 0 Å². The summed E-state index contributed by atoms with van der Waals surface area (Å²) in [6.45, 7) is 1.90. The minimum absolute atomic E-state index is 0.418. The van der Waals surface area contributed by atoms with Gasteiger partial charge in [0, 0.05) is 6.42 Å². The van der Waals surface area contributed by atoms with Gasteiger partial charge in [0.15, 0.2) is 0 Å². The second-order valence-corrected chi connectivity index (χ2v) is 3.45. The molecule has 0 spiro atoms. The van der Waals surface area contributed by atoms with Crippen LogP contribution in [0, 0.1) is 6.92 Å². The summed E-state index contributed by atoms with van der Waals surface area (Å²) in [7, 11) is 0. The Morgan fingerprint density at radius 3 is 2.79 bits per heavy atom. The molecule has 0 aliphatic carbocycles. The smallest absolute Gasteiger partial charge is 0.123 e. The van der Waals surface area contributed by atoms with Crippen LogP contribution in [-0.2, 0) is 4.79 Å². The highest BCUT2D eigenvalue weighted by Gasteiger charge is 2.00.